The number of aryl methyl sites for hydroxylation is 1. The van der Waals surface area contributed by atoms with Gasteiger partial charge in [-0.15, -0.1) is 0 Å². The average Bonchev–Trinajstić information content (AvgIpc) is 2.89. The third-order valence-electron chi connectivity index (χ3n) is 3.08. The lowest BCUT2D eigenvalue weighted by atomic mass is 10.1. The van der Waals surface area contributed by atoms with Gasteiger partial charge in [0.15, 0.2) is 0 Å². The van der Waals surface area contributed by atoms with Gasteiger partial charge in [0, 0.05) is 25.4 Å². The first-order chi connectivity index (χ1) is 8.83. The number of nitrogens with zero attached hydrogens (tertiary/aromatic N) is 2. The number of unbranched alkanes of at least 4 members (excludes halogenated alkanes) is 6. The molecule has 0 aromatic carbocycles. The quantitative estimate of drug-likeness (QED) is 0.474. The van der Waals surface area contributed by atoms with Crippen LogP contribution in [0.15, 0.2) is 18.7 Å². The van der Waals surface area contributed by atoms with Crippen LogP contribution in [0.1, 0.15) is 51.4 Å². The van der Waals surface area contributed by atoms with Crippen LogP contribution in [-0.4, -0.2) is 22.6 Å². The van der Waals surface area contributed by atoms with Gasteiger partial charge in [-0.3, -0.25) is 4.79 Å². The van der Waals surface area contributed by atoms with E-state index < -0.39 is 0 Å². The molecule has 1 rings (SSSR count). The van der Waals surface area contributed by atoms with E-state index in [-0.39, 0.29) is 5.97 Å². The van der Waals surface area contributed by atoms with Crippen molar-refractivity contribution in [3.05, 3.63) is 18.7 Å². The van der Waals surface area contributed by atoms with Gasteiger partial charge in [0.1, 0.15) is 0 Å². The average molecular weight is 252 g/mol. The lowest BCUT2D eigenvalue weighted by Gasteiger charge is -2.03. The maximum atomic E-state index is 10.9. The summed E-state index contributed by atoms with van der Waals surface area (Å²) in [5.41, 5.74) is 0. The molecule has 4 heteroatoms. The van der Waals surface area contributed by atoms with E-state index in [2.05, 4.69) is 14.3 Å². The van der Waals surface area contributed by atoms with Gasteiger partial charge in [-0.2, -0.15) is 0 Å². The Kier molecular flexibility index (Phi) is 7.93. The van der Waals surface area contributed by atoms with Crippen molar-refractivity contribution in [3.8, 4) is 0 Å². The van der Waals surface area contributed by atoms with Gasteiger partial charge in [0.05, 0.1) is 13.4 Å². The van der Waals surface area contributed by atoms with Crippen LogP contribution in [-0.2, 0) is 16.1 Å². The summed E-state index contributed by atoms with van der Waals surface area (Å²) in [7, 11) is 1.45. The molecule has 0 bridgehead atoms. The van der Waals surface area contributed by atoms with Gasteiger partial charge in [-0.05, 0) is 12.8 Å². The first-order valence-electron chi connectivity index (χ1n) is 6.85. The van der Waals surface area contributed by atoms with E-state index in [1.54, 1.807) is 0 Å². The van der Waals surface area contributed by atoms with Crippen LogP contribution in [0.25, 0.3) is 0 Å². The Morgan fingerprint density at radius 2 is 1.78 bits per heavy atom. The summed E-state index contributed by atoms with van der Waals surface area (Å²) in [6.07, 6.45) is 14.6. The highest BCUT2D eigenvalue weighted by Gasteiger charge is 1.99. The normalized spacial score (nSPS) is 10.5. The Labute approximate surface area is 109 Å². The van der Waals surface area contributed by atoms with Gasteiger partial charge < -0.3 is 9.30 Å². The first kappa shape index (κ1) is 14.7. The van der Waals surface area contributed by atoms with Crippen molar-refractivity contribution < 1.29 is 9.53 Å². The molecule has 0 spiro atoms. The van der Waals surface area contributed by atoms with E-state index in [1.165, 1.54) is 39.2 Å². The summed E-state index contributed by atoms with van der Waals surface area (Å²) in [5.74, 6) is -0.0877. The second kappa shape index (κ2) is 9.68. The van der Waals surface area contributed by atoms with E-state index in [4.69, 9.17) is 0 Å². The van der Waals surface area contributed by atoms with Crippen LogP contribution in [0.4, 0.5) is 0 Å². The number of imidazole rings is 1. The molecule has 0 N–H and O–H groups in total. The molecule has 18 heavy (non-hydrogen) atoms. The van der Waals surface area contributed by atoms with Crippen LogP contribution in [0.3, 0.4) is 0 Å². The number of aromatic nitrogens is 2. The molecular weight excluding hydrogens is 228 g/mol. The van der Waals surface area contributed by atoms with E-state index in [0.717, 1.165) is 19.4 Å². The van der Waals surface area contributed by atoms with Crippen LogP contribution < -0.4 is 0 Å². The van der Waals surface area contributed by atoms with Crippen molar-refractivity contribution in [3.63, 3.8) is 0 Å². The molecule has 0 aliphatic rings. The molecule has 0 saturated heterocycles. The van der Waals surface area contributed by atoms with Crippen molar-refractivity contribution in [2.45, 2.75) is 57.9 Å². The molecule has 102 valence electrons. The summed E-state index contributed by atoms with van der Waals surface area (Å²) in [5, 5.41) is 0. The largest absolute Gasteiger partial charge is 0.469 e. The van der Waals surface area contributed by atoms with E-state index in [9.17, 15) is 4.79 Å². The molecule has 1 aromatic rings. The van der Waals surface area contributed by atoms with Crippen LogP contribution >= 0.6 is 0 Å². The number of rotatable bonds is 10. The summed E-state index contributed by atoms with van der Waals surface area (Å²) >= 11 is 0. The first-order valence-corrected chi connectivity index (χ1v) is 6.85. The number of carbonyl (C=O) groups is 1. The zero-order valence-electron chi connectivity index (χ0n) is 11.3. The number of esters is 1. The third kappa shape index (κ3) is 7.09. The van der Waals surface area contributed by atoms with E-state index >= 15 is 0 Å². The molecule has 0 aliphatic carbocycles. The summed E-state index contributed by atoms with van der Waals surface area (Å²) in [4.78, 5) is 14.9. The topological polar surface area (TPSA) is 44.1 Å². The second-order valence-electron chi connectivity index (χ2n) is 4.60. The number of hydrogen-bond donors (Lipinski definition) is 0. The predicted molar refractivity (Wildman–Crippen MR) is 71.2 cm³/mol. The predicted octanol–water partition coefficient (Wildman–Crippen LogP) is 3.18. The minimum Gasteiger partial charge on any atom is -0.469 e. The smallest absolute Gasteiger partial charge is 0.305 e. The summed E-state index contributed by atoms with van der Waals surface area (Å²) in [6.45, 7) is 1.07. The van der Waals surface area contributed by atoms with Crippen LogP contribution in [0.2, 0.25) is 0 Å². The minimum atomic E-state index is -0.0877. The highest BCUT2D eigenvalue weighted by molar-refractivity contribution is 5.68. The molecule has 0 fully saturated rings. The lowest BCUT2D eigenvalue weighted by molar-refractivity contribution is -0.140. The Morgan fingerprint density at radius 1 is 1.11 bits per heavy atom. The van der Waals surface area contributed by atoms with Gasteiger partial charge in [0.25, 0.3) is 0 Å². The number of hydrogen-bond acceptors (Lipinski definition) is 3. The molecule has 1 aromatic heterocycles. The molecule has 0 atom stereocenters. The van der Waals surface area contributed by atoms with E-state index in [0.29, 0.717) is 6.42 Å². The molecule has 0 saturated carbocycles. The number of ether oxygens (including phenoxy) is 1. The summed E-state index contributed by atoms with van der Waals surface area (Å²) in [6, 6.07) is 0. The second-order valence-corrected chi connectivity index (χ2v) is 4.60. The van der Waals surface area contributed by atoms with Gasteiger partial charge in [-0.25, -0.2) is 4.98 Å². The van der Waals surface area contributed by atoms with Crippen molar-refractivity contribution in [1.29, 1.82) is 0 Å². The van der Waals surface area contributed by atoms with Crippen molar-refractivity contribution >= 4 is 5.97 Å². The fraction of sp³-hybridized carbons (Fsp3) is 0.714. The van der Waals surface area contributed by atoms with Gasteiger partial charge in [0.2, 0.25) is 0 Å². The Hall–Kier alpha value is -1.32. The van der Waals surface area contributed by atoms with Crippen molar-refractivity contribution in [2.24, 2.45) is 0 Å². The monoisotopic (exact) mass is 252 g/mol. The zero-order valence-corrected chi connectivity index (χ0v) is 11.3. The fourth-order valence-electron chi connectivity index (χ4n) is 1.97. The van der Waals surface area contributed by atoms with Crippen molar-refractivity contribution in [1.82, 2.24) is 9.55 Å². The molecule has 1 heterocycles. The van der Waals surface area contributed by atoms with E-state index in [1.807, 2.05) is 18.7 Å². The number of methoxy groups -OCH3 is 1. The zero-order chi connectivity index (χ0) is 13.1. The van der Waals surface area contributed by atoms with Gasteiger partial charge in [-0.1, -0.05) is 32.1 Å². The maximum absolute atomic E-state index is 10.9. The van der Waals surface area contributed by atoms with Crippen LogP contribution in [0, 0.1) is 0 Å². The van der Waals surface area contributed by atoms with Crippen molar-refractivity contribution in [2.75, 3.05) is 7.11 Å². The molecule has 0 unspecified atom stereocenters. The molecule has 0 amide bonds. The highest BCUT2D eigenvalue weighted by atomic mass is 16.5. The Balaban J connectivity index is 1.80. The molecule has 4 nitrogen and oxygen atoms in total. The maximum Gasteiger partial charge on any atom is 0.305 e. The van der Waals surface area contributed by atoms with Gasteiger partial charge >= 0.3 is 5.97 Å². The number of carbonyl (C=O) groups excluding carboxylic acids is 1. The summed E-state index contributed by atoms with van der Waals surface area (Å²) < 4.78 is 6.72. The standard InChI is InChI=1S/C14H24N2O2/c1-18-14(17)9-7-5-3-2-4-6-8-11-16-12-10-15-13-16/h10,12-13H,2-9,11H2,1H3. The Bertz CT molecular complexity index is 310. The SMILES string of the molecule is COC(=O)CCCCCCCCCn1ccnc1. The molecular formula is C14H24N2O2. The highest BCUT2D eigenvalue weighted by Crippen LogP contribution is 2.09. The fourth-order valence-corrected chi connectivity index (χ4v) is 1.97. The molecule has 0 aliphatic heterocycles. The Morgan fingerprint density at radius 3 is 2.39 bits per heavy atom. The van der Waals surface area contributed by atoms with Crippen LogP contribution in [0.5, 0.6) is 0 Å². The third-order valence-corrected chi connectivity index (χ3v) is 3.08. The minimum absolute atomic E-state index is 0.0877. The molecule has 0 radical (unpaired) electrons. The lowest BCUT2D eigenvalue weighted by Crippen LogP contribution is -1.99.